The van der Waals surface area contributed by atoms with E-state index in [0.717, 1.165) is 18.2 Å². The zero-order valence-electron chi connectivity index (χ0n) is 15.0. The van der Waals surface area contributed by atoms with Crippen LogP contribution in [0.4, 0.5) is 10.6 Å². The first-order chi connectivity index (χ1) is 13.6. The molecule has 2 aliphatic heterocycles. The number of fused-ring (bicyclic) bond motifs is 1. The van der Waals surface area contributed by atoms with Crippen LogP contribution in [0.15, 0.2) is 23.8 Å². The first kappa shape index (κ1) is 18.9. The Balaban J connectivity index is 1.59. The van der Waals surface area contributed by atoms with Crippen LogP contribution in [0.1, 0.15) is 12.6 Å². The molecule has 0 radical (unpaired) electrons. The van der Waals surface area contributed by atoms with Crippen LogP contribution >= 0.6 is 11.8 Å². The molecule has 2 aromatic heterocycles. The van der Waals surface area contributed by atoms with E-state index >= 15 is 0 Å². The van der Waals surface area contributed by atoms with Crippen molar-refractivity contribution in [1.82, 2.24) is 24.8 Å². The molecule has 0 spiro atoms. The number of hydrogen-bond donors (Lipinski definition) is 4. The first-order valence-corrected chi connectivity index (χ1v) is 9.59. The monoisotopic (exact) mass is 408 g/mol. The molecule has 4 atom stereocenters. The molecular formula is C16H20N6O5S. The van der Waals surface area contributed by atoms with Gasteiger partial charge in [0.05, 0.1) is 12.6 Å². The van der Waals surface area contributed by atoms with E-state index < -0.39 is 18.4 Å². The summed E-state index contributed by atoms with van der Waals surface area (Å²) < 4.78 is 12.6. The van der Waals surface area contributed by atoms with Gasteiger partial charge in [0.25, 0.3) is 5.24 Å². The Bertz CT molecular complexity index is 899. The van der Waals surface area contributed by atoms with Crippen LogP contribution in [-0.2, 0) is 9.47 Å². The zero-order valence-corrected chi connectivity index (χ0v) is 15.8. The van der Waals surface area contributed by atoms with Gasteiger partial charge in [-0.2, -0.15) is 0 Å². The standard InChI is InChI=1S/C16H20N6O5S/c1-17-16(25)28-5-9-11(23)12(24)15(27-9)22-7-20-10-13(18-6-19-14(10)22)21-8-2-3-26-4-8/h5-8,11-12,15,23-24H,2-4H2,1H3,(H,17,25)(H,18,19,21)/b9-5+/t8?,11-,12-,15?/m1/s1. The van der Waals surface area contributed by atoms with Gasteiger partial charge < -0.3 is 30.3 Å². The molecule has 2 aromatic rings. The van der Waals surface area contributed by atoms with Gasteiger partial charge in [0.1, 0.15) is 30.6 Å². The van der Waals surface area contributed by atoms with Crippen LogP contribution in [0, 0.1) is 0 Å². The van der Waals surface area contributed by atoms with Crippen LogP contribution < -0.4 is 10.6 Å². The molecule has 12 heteroatoms. The topological polar surface area (TPSA) is 144 Å². The van der Waals surface area contributed by atoms with Crippen molar-refractivity contribution in [1.29, 1.82) is 0 Å². The molecule has 2 saturated heterocycles. The lowest BCUT2D eigenvalue weighted by molar-refractivity contribution is -0.0118. The Hall–Kier alpha value is -2.41. The van der Waals surface area contributed by atoms with Crippen LogP contribution in [0.2, 0.25) is 0 Å². The number of amides is 1. The van der Waals surface area contributed by atoms with Gasteiger partial charge in [-0.25, -0.2) is 15.0 Å². The second-order valence-corrected chi connectivity index (χ2v) is 7.21. The Morgan fingerprint density at radius 2 is 2.25 bits per heavy atom. The molecule has 150 valence electrons. The van der Waals surface area contributed by atoms with Gasteiger partial charge in [0, 0.05) is 19.1 Å². The lowest BCUT2D eigenvalue weighted by Crippen LogP contribution is -2.27. The van der Waals surface area contributed by atoms with Crippen LogP contribution in [-0.4, -0.2) is 73.5 Å². The maximum atomic E-state index is 11.4. The molecule has 2 unspecified atom stereocenters. The molecule has 2 aliphatic rings. The van der Waals surface area contributed by atoms with E-state index in [1.54, 1.807) is 0 Å². The predicted molar refractivity (Wildman–Crippen MR) is 100 cm³/mol. The normalized spacial score (nSPS) is 28.6. The molecule has 2 fully saturated rings. The summed E-state index contributed by atoms with van der Waals surface area (Å²) in [6.45, 7) is 1.30. The molecule has 0 bridgehead atoms. The molecule has 4 rings (SSSR count). The Labute approximate surface area is 164 Å². The molecule has 11 nitrogen and oxygen atoms in total. The highest BCUT2D eigenvalue weighted by Gasteiger charge is 2.41. The van der Waals surface area contributed by atoms with E-state index in [4.69, 9.17) is 9.47 Å². The van der Waals surface area contributed by atoms with Crippen molar-refractivity contribution < 1.29 is 24.5 Å². The average molecular weight is 408 g/mol. The quantitative estimate of drug-likeness (QED) is 0.553. The van der Waals surface area contributed by atoms with Gasteiger partial charge in [0.15, 0.2) is 17.0 Å². The molecule has 4 heterocycles. The van der Waals surface area contributed by atoms with Crippen LogP contribution in [0.25, 0.3) is 11.2 Å². The number of hydrogen-bond acceptors (Lipinski definition) is 10. The van der Waals surface area contributed by atoms with Gasteiger partial charge >= 0.3 is 0 Å². The highest BCUT2D eigenvalue weighted by atomic mass is 32.2. The summed E-state index contributed by atoms with van der Waals surface area (Å²) in [5.41, 5.74) is 0.977. The minimum Gasteiger partial charge on any atom is -0.468 e. The summed E-state index contributed by atoms with van der Waals surface area (Å²) in [6.07, 6.45) is 0.298. The number of thioether (sulfide) groups is 1. The number of aliphatic hydroxyl groups is 2. The van der Waals surface area contributed by atoms with Gasteiger partial charge in [-0.1, -0.05) is 0 Å². The fourth-order valence-electron chi connectivity index (χ4n) is 3.08. The molecule has 0 aromatic carbocycles. The van der Waals surface area contributed by atoms with E-state index in [-0.39, 0.29) is 17.0 Å². The second-order valence-electron chi connectivity index (χ2n) is 6.37. The summed E-state index contributed by atoms with van der Waals surface area (Å²) in [5, 5.41) is 27.5. The largest absolute Gasteiger partial charge is 0.468 e. The van der Waals surface area contributed by atoms with Crippen molar-refractivity contribution in [3.05, 3.63) is 23.8 Å². The summed E-state index contributed by atoms with van der Waals surface area (Å²) in [5.74, 6) is 0.668. The smallest absolute Gasteiger partial charge is 0.283 e. The third kappa shape index (κ3) is 3.51. The third-order valence-electron chi connectivity index (χ3n) is 4.55. The third-order valence-corrected chi connectivity index (χ3v) is 5.32. The summed E-state index contributed by atoms with van der Waals surface area (Å²) in [6, 6.07) is 0.148. The van der Waals surface area contributed by atoms with E-state index in [0.29, 0.717) is 30.2 Å². The predicted octanol–water partition coefficient (Wildman–Crippen LogP) is 0.192. The Morgan fingerprint density at radius 3 is 3.00 bits per heavy atom. The van der Waals surface area contributed by atoms with Crippen LogP contribution in [0.5, 0.6) is 0 Å². The maximum Gasteiger partial charge on any atom is 0.283 e. The van der Waals surface area contributed by atoms with Crippen molar-refractivity contribution in [2.45, 2.75) is 30.9 Å². The minimum absolute atomic E-state index is 0.100. The van der Waals surface area contributed by atoms with E-state index in [9.17, 15) is 15.0 Å². The van der Waals surface area contributed by atoms with Crippen molar-refractivity contribution in [2.24, 2.45) is 0 Å². The number of carbonyl (C=O) groups excluding carboxylic acids is 1. The minimum atomic E-state index is -1.27. The molecule has 1 amide bonds. The van der Waals surface area contributed by atoms with E-state index in [2.05, 4.69) is 25.6 Å². The van der Waals surface area contributed by atoms with E-state index in [1.807, 2.05) is 0 Å². The Morgan fingerprint density at radius 1 is 1.39 bits per heavy atom. The molecule has 4 N–H and O–H groups in total. The van der Waals surface area contributed by atoms with Crippen molar-refractivity contribution in [2.75, 3.05) is 25.6 Å². The van der Waals surface area contributed by atoms with E-state index in [1.165, 1.54) is 29.7 Å². The number of nitrogens with one attached hydrogen (secondary N) is 2. The highest BCUT2D eigenvalue weighted by molar-refractivity contribution is 8.16. The number of nitrogens with zero attached hydrogens (tertiary/aromatic N) is 4. The van der Waals surface area contributed by atoms with Crippen molar-refractivity contribution >= 4 is 34.0 Å². The summed E-state index contributed by atoms with van der Waals surface area (Å²) in [4.78, 5) is 24.2. The van der Waals surface area contributed by atoms with Gasteiger partial charge in [0.2, 0.25) is 6.23 Å². The number of imidazole rings is 1. The zero-order chi connectivity index (χ0) is 19.7. The van der Waals surface area contributed by atoms with Gasteiger partial charge in [-0.15, -0.1) is 0 Å². The van der Waals surface area contributed by atoms with Gasteiger partial charge in [-0.3, -0.25) is 9.36 Å². The lowest BCUT2D eigenvalue weighted by atomic mass is 10.2. The second kappa shape index (κ2) is 7.91. The number of aliphatic hydroxyl groups excluding tert-OH is 2. The Kier molecular flexibility index (Phi) is 5.35. The highest BCUT2D eigenvalue weighted by Crippen LogP contribution is 2.35. The fourth-order valence-corrected chi connectivity index (χ4v) is 3.61. The SMILES string of the molecule is CNC(=O)S/C=C1/OC(n2cnc3c(NC4CCOC4)ncnc32)[C@H](O)[C@@H]1O. The lowest BCUT2D eigenvalue weighted by Gasteiger charge is -2.16. The van der Waals surface area contributed by atoms with Crippen molar-refractivity contribution in [3.63, 3.8) is 0 Å². The number of ether oxygens (including phenoxy) is 2. The fraction of sp³-hybridized carbons (Fsp3) is 0.500. The van der Waals surface area contributed by atoms with Crippen LogP contribution in [0.3, 0.4) is 0 Å². The molecule has 0 saturated carbocycles. The van der Waals surface area contributed by atoms with Gasteiger partial charge in [-0.05, 0) is 18.2 Å². The van der Waals surface area contributed by atoms with Crippen molar-refractivity contribution in [3.8, 4) is 0 Å². The maximum absolute atomic E-state index is 11.4. The number of anilines is 1. The summed E-state index contributed by atoms with van der Waals surface area (Å²) >= 11 is 0.822. The number of aromatic nitrogens is 4. The first-order valence-electron chi connectivity index (χ1n) is 8.71. The molecule has 28 heavy (non-hydrogen) atoms. The number of carbonyl (C=O) groups is 1. The molecule has 0 aliphatic carbocycles. The molecular weight excluding hydrogens is 388 g/mol. The summed E-state index contributed by atoms with van der Waals surface area (Å²) in [7, 11) is 1.50. The number of rotatable bonds is 4. The average Bonchev–Trinajstić information content (AvgIpc) is 3.42.